The van der Waals surface area contributed by atoms with Crippen molar-refractivity contribution in [2.24, 2.45) is 11.8 Å². The normalized spacial score (nSPS) is 14.5. The number of hydrogen-bond acceptors (Lipinski definition) is 4. The summed E-state index contributed by atoms with van der Waals surface area (Å²) in [6, 6.07) is 0. The number of nitrogens with zero attached hydrogens (tertiary/aromatic N) is 1. The molecule has 19 heavy (non-hydrogen) atoms. The summed E-state index contributed by atoms with van der Waals surface area (Å²) in [6.45, 7) is 8.43. The molecule has 6 nitrogen and oxygen atoms in total. The van der Waals surface area contributed by atoms with Crippen LogP contribution in [0.2, 0.25) is 0 Å². The summed E-state index contributed by atoms with van der Waals surface area (Å²) in [5.41, 5.74) is 0. The maximum absolute atomic E-state index is 11.7. The number of rotatable bonds is 9. The Morgan fingerprint density at radius 1 is 1.16 bits per heavy atom. The molecule has 6 heteroatoms. The van der Waals surface area contributed by atoms with Crippen molar-refractivity contribution in [1.29, 1.82) is 0 Å². The van der Waals surface area contributed by atoms with Crippen LogP contribution in [0.5, 0.6) is 0 Å². The standard InChI is InChI=1S/C13H26N2O4/c1-9(2)5-14-12(17)8-15(7-11(4)16)6-10(3)13(18)19/h9-11,16H,5-8H2,1-4H3,(H,14,17)(H,18,19). The van der Waals surface area contributed by atoms with Crippen LogP contribution < -0.4 is 5.32 Å². The number of carbonyl (C=O) groups is 2. The van der Waals surface area contributed by atoms with E-state index in [1.165, 1.54) is 0 Å². The largest absolute Gasteiger partial charge is 0.481 e. The molecule has 1 amide bonds. The highest BCUT2D eigenvalue weighted by molar-refractivity contribution is 5.78. The van der Waals surface area contributed by atoms with E-state index in [0.717, 1.165) is 0 Å². The van der Waals surface area contributed by atoms with Gasteiger partial charge in [-0.25, -0.2) is 0 Å². The van der Waals surface area contributed by atoms with Gasteiger partial charge in [0.2, 0.25) is 5.91 Å². The number of carbonyl (C=O) groups excluding carboxylic acids is 1. The molecule has 0 saturated carbocycles. The molecule has 0 fully saturated rings. The van der Waals surface area contributed by atoms with Gasteiger partial charge in [-0.2, -0.15) is 0 Å². The van der Waals surface area contributed by atoms with Gasteiger partial charge in [-0.1, -0.05) is 20.8 Å². The van der Waals surface area contributed by atoms with Crippen LogP contribution in [0.3, 0.4) is 0 Å². The first-order chi connectivity index (χ1) is 8.72. The van der Waals surface area contributed by atoms with Crippen LogP contribution in [-0.4, -0.2) is 59.3 Å². The third-order valence-corrected chi connectivity index (χ3v) is 2.55. The third kappa shape index (κ3) is 9.44. The second kappa shape index (κ2) is 8.87. The van der Waals surface area contributed by atoms with E-state index >= 15 is 0 Å². The monoisotopic (exact) mass is 274 g/mol. The van der Waals surface area contributed by atoms with Crippen LogP contribution in [0.4, 0.5) is 0 Å². The zero-order chi connectivity index (χ0) is 15.0. The molecular formula is C13H26N2O4. The Labute approximate surface area is 114 Å². The average molecular weight is 274 g/mol. The molecule has 0 aliphatic carbocycles. The van der Waals surface area contributed by atoms with E-state index in [1.807, 2.05) is 13.8 Å². The molecular weight excluding hydrogens is 248 g/mol. The predicted octanol–water partition coefficient (Wildman–Crippen LogP) is 0.162. The van der Waals surface area contributed by atoms with Crippen molar-refractivity contribution >= 4 is 11.9 Å². The SMILES string of the molecule is CC(C)CNC(=O)CN(CC(C)O)CC(C)C(=O)O. The third-order valence-electron chi connectivity index (χ3n) is 2.55. The maximum atomic E-state index is 11.7. The van der Waals surface area contributed by atoms with Crippen LogP contribution in [0.25, 0.3) is 0 Å². The summed E-state index contributed by atoms with van der Waals surface area (Å²) in [4.78, 5) is 24.2. The van der Waals surface area contributed by atoms with Crippen molar-refractivity contribution < 1.29 is 19.8 Å². The molecule has 0 aromatic heterocycles. The molecule has 0 saturated heterocycles. The number of nitrogens with one attached hydrogen (secondary N) is 1. The molecule has 3 N–H and O–H groups in total. The number of carboxylic acids is 1. The zero-order valence-corrected chi connectivity index (χ0v) is 12.2. The fourth-order valence-corrected chi connectivity index (χ4v) is 1.62. The van der Waals surface area contributed by atoms with Gasteiger partial charge in [0.1, 0.15) is 0 Å². The molecule has 0 aliphatic rings. The lowest BCUT2D eigenvalue weighted by molar-refractivity contribution is -0.142. The molecule has 2 atom stereocenters. The van der Waals surface area contributed by atoms with Crippen molar-refractivity contribution in [3.8, 4) is 0 Å². The van der Waals surface area contributed by atoms with Crippen molar-refractivity contribution in [3.63, 3.8) is 0 Å². The molecule has 0 radical (unpaired) electrons. The Morgan fingerprint density at radius 2 is 1.74 bits per heavy atom. The second-order valence-electron chi connectivity index (χ2n) is 5.48. The minimum absolute atomic E-state index is 0.106. The molecule has 0 rings (SSSR count). The van der Waals surface area contributed by atoms with Crippen molar-refractivity contribution in [2.75, 3.05) is 26.2 Å². The van der Waals surface area contributed by atoms with Crippen LogP contribution in [0.15, 0.2) is 0 Å². The van der Waals surface area contributed by atoms with E-state index in [0.29, 0.717) is 12.5 Å². The van der Waals surface area contributed by atoms with E-state index in [1.54, 1.807) is 18.7 Å². The maximum Gasteiger partial charge on any atom is 0.307 e. The topological polar surface area (TPSA) is 89.9 Å². The molecule has 0 aromatic carbocycles. The van der Waals surface area contributed by atoms with Gasteiger partial charge in [0.15, 0.2) is 0 Å². The van der Waals surface area contributed by atoms with Gasteiger partial charge < -0.3 is 15.5 Å². The summed E-state index contributed by atoms with van der Waals surface area (Å²) >= 11 is 0. The van der Waals surface area contributed by atoms with Gasteiger partial charge in [-0.05, 0) is 12.8 Å². The van der Waals surface area contributed by atoms with E-state index < -0.39 is 18.0 Å². The van der Waals surface area contributed by atoms with Crippen LogP contribution in [-0.2, 0) is 9.59 Å². The zero-order valence-electron chi connectivity index (χ0n) is 12.2. The van der Waals surface area contributed by atoms with Crippen molar-refractivity contribution in [1.82, 2.24) is 10.2 Å². The molecule has 112 valence electrons. The molecule has 2 unspecified atom stereocenters. The molecule has 0 aliphatic heterocycles. The summed E-state index contributed by atoms with van der Waals surface area (Å²) < 4.78 is 0. The Kier molecular flexibility index (Phi) is 8.34. The van der Waals surface area contributed by atoms with Crippen LogP contribution in [0.1, 0.15) is 27.7 Å². The number of amides is 1. The van der Waals surface area contributed by atoms with Gasteiger partial charge in [-0.15, -0.1) is 0 Å². The summed E-state index contributed by atoms with van der Waals surface area (Å²) in [5.74, 6) is -1.26. The smallest absolute Gasteiger partial charge is 0.307 e. The van der Waals surface area contributed by atoms with Crippen molar-refractivity contribution in [2.45, 2.75) is 33.8 Å². The minimum atomic E-state index is -0.904. The van der Waals surface area contributed by atoms with Gasteiger partial charge in [0, 0.05) is 19.6 Å². The van der Waals surface area contributed by atoms with Gasteiger partial charge in [-0.3, -0.25) is 14.5 Å². The highest BCUT2D eigenvalue weighted by Gasteiger charge is 2.19. The first kappa shape index (κ1) is 17.9. The van der Waals surface area contributed by atoms with E-state index in [-0.39, 0.29) is 25.5 Å². The number of carboxylic acid groups (broad SMARTS) is 1. The molecule has 0 bridgehead atoms. The Morgan fingerprint density at radius 3 is 2.16 bits per heavy atom. The number of aliphatic carboxylic acids is 1. The van der Waals surface area contributed by atoms with Gasteiger partial charge in [0.25, 0.3) is 0 Å². The fraction of sp³-hybridized carbons (Fsp3) is 0.846. The van der Waals surface area contributed by atoms with Crippen LogP contribution >= 0.6 is 0 Å². The average Bonchev–Trinajstić information content (AvgIpc) is 2.25. The Hall–Kier alpha value is -1.14. The lowest BCUT2D eigenvalue weighted by Crippen LogP contribution is -2.43. The van der Waals surface area contributed by atoms with Gasteiger partial charge in [0.05, 0.1) is 18.6 Å². The highest BCUT2D eigenvalue weighted by atomic mass is 16.4. The molecule has 0 heterocycles. The summed E-state index contributed by atoms with van der Waals surface area (Å²) in [6.07, 6.45) is -0.598. The number of aliphatic hydroxyl groups excluding tert-OH is 1. The van der Waals surface area contributed by atoms with E-state index in [2.05, 4.69) is 5.32 Å². The van der Waals surface area contributed by atoms with Crippen LogP contribution in [0, 0.1) is 11.8 Å². The summed E-state index contributed by atoms with van der Waals surface area (Å²) in [5, 5.41) is 21.0. The first-order valence-electron chi connectivity index (χ1n) is 6.62. The number of hydrogen-bond donors (Lipinski definition) is 3. The Balaban J connectivity index is 4.33. The summed E-state index contributed by atoms with van der Waals surface area (Å²) in [7, 11) is 0. The number of aliphatic hydroxyl groups is 1. The second-order valence-corrected chi connectivity index (χ2v) is 5.48. The highest BCUT2D eigenvalue weighted by Crippen LogP contribution is 2.02. The van der Waals surface area contributed by atoms with E-state index in [9.17, 15) is 14.7 Å². The van der Waals surface area contributed by atoms with Gasteiger partial charge >= 0.3 is 5.97 Å². The first-order valence-corrected chi connectivity index (χ1v) is 6.62. The Bertz CT molecular complexity index is 292. The van der Waals surface area contributed by atoms with Crippen molar-refractivity contribution in [3.05, 3.63) is 0 Å². The molecule has 0 spiro atoms. The minimum Gasteiger partial charge on any atom is -0.481 e. The predicted molar refractivity (Wildman–Crippen MR) is 72.8 cm³/mol. The molecule has 0 aromatic rings. The quantitative estimate of drug-likeness (QED) is 0.557. The van der Waals surface area contributed by atoms with E-state index in [4.69, 9.17) is 5.11 Å². The lowest BCUT2D eigenvalue weighted by atomic mass is 10.1. The lowest BCUT2D eigenvalue weighted by Gasteiger charge is -2.25. The fourth-order valence-electron chi connectivity index (χ4n) is 1.62.